The van der Waals surface area contributed by atoms with Crippen molar-refractivity contribution >= 4 is 22.2 Å². The highest BCUT2D eigenvalue weighted by Gasteiger charge is 2.19. The number of hydrazone groups is 1. The summed E-state index contributed by atoms with van der Waals surface area (Å²) in [7, 11) is -2.68. The zero-order valence-electron chi connectivity index (χ0n) is 16.7. The molecule has 0 aromatic heterocycles. The van der Waals surface area contributed by atoms with Gasteiger partial charge in [-0.15, -0.1) is 0 Å². The molecule has 3 aromatic carbocycles. The third-order valence-electron chi connectivity index (χ3n) is 4.20. The van der Waals surface area contributed by atoms with Gasteiger partial charge in [0.05, 0.1) is 18.9 Å². The van der Waals surface area contributed by atoms with Crippen LogP contribution in [0, 0.1) is 12.7 Å². The zero-order chi connectivity index (χ0) is 22.4. The fraction of sp³-hybridized carbons (Fsp3) is 0.0909. The SMILES string of the molecule is COc1cc(/C=N/NC(=O)c2ccccc2F)ccc1OS(=O)(=O)c1ccc(C)cc1. The minimum atomic E-state index is -4.04. The summed E-state index contributed by atoms with van der Waals surface area (Å²) in [5.74, 6) is -1.21. The van der Waals surface area contributed by atoms with E-state index in [1.807, 2.05) is 6.92 Å². The topological polar surface area (TPSA) is 94.1 Å². The summed E-state index contributed by atoms with van der Waals surface area (Å²) in [6.45, 7) is 1.85. The second-order valence-electron chi connectivity index (χ2n) is 6.44. The van der Waals surface area contributed by atoms with Crippen molar-refractivity contribution in [1.82, 2.24) is 5.43 Å². The van der Waals surface area contributed by atoms with Gasteiger partial charge in [-0.2, -0.15) is 13.5 Å². The van der Waals surface area contributed by atoms with Crippen molar-refractivity contribution in [1.29, 1.82) is 0 Å². The Labute approximate surface area is 179 Å². The van der Waals surface area contributed by atoms with Crippen molar-refractivity contribution in [2.24, 2.45) is 5.10 Å². The van der Waals surface area contributed by atoms with Crippen molar-refractivity contribution in [2.75, 3.05) is 7.11 Å². The lowest BCUT2D eigenvalue weighted by atomic mass is 10.2. The monoisotopic (exact) mass is 442 g/mol. The van der Waals surface area contributed by atoms with Crippen molar-refractivity contribution in [3.8, 4) is 11.5 Å². The van der Waals surface area contributed by atoms with Gasteiger partial charge in [0.15, 0.2) is 11.5 Å². The lowest BCUT2D eigenvalue weighted by Gasteiger charge is -2.11. The van der Waals surface area contributed by atoms with E-state index in [1.165, 1.54) is 67.9 Å². The van der Waals surface area contributed by atoms with Gasteiger partial charge in [-0.1, -0.05) is 29.8 Å². The number of carbonyl (C=O) groups excluding carboxylic acids is 1. The van der Waals surface area contributed by atoms with Crippen LogP contribution in [0.3, 0.4) is 0 Å². The summed E-state index contributed by atoms with van der Waals surface area (Å²) in [6, 6.07) is 16.2. The summed E-state index contributed by atoms with van der Waals surface area (Å²) in [5.41, 5.74) is 3.50. The normalized spacial score (nSPS) is 11.3. The van der Waals surface area contributed by atoms with Gasteiger partial charge >= 0.3 is 10.1 Å². The number of rotatable bonds is 7. The van der Waals surface area contributed by atoms with E-state index in [9.17, 15) is 17.6 Å². The van der Waals surface area contributed by atoms with E-state index in [4.69, 9.17) is 8.92 Å². The van der Waals surface area contributed by atoms with Crippen LogP contribution in [0.15, 0.2) is 76.7 Å². The number of benzene rings is 3. The van der Waals surface area contributed by atoms with E-state index in [2.05, 4.69) is 10.5 Å². The summed E-state index contributed by atoms with van der Waals surface area (Å²) in [4.78, 5) is 12.0. The predicted molar refractivity (Wildman–Crippen MR) is 113 cm³/mol. The molecular formula is C22H19FN2O5S. The highest BCUT2D eigenvalue weighted by Crippen LogP contribution is 2.30. The first-order valence-electron chi connectivity index (χ1n) is 9.07. The van der Waals surface area contributed by atoms with E-state index in [0.29, 0.717) is 5.56 Å². The minimum absolute atomic E-state index is 0.00406. The molecule has 0 fully saturated rings. The van der Waals surface area contributed by atoms with Gasteiger partial charge in [-0.05, 0) is 55.0 Å². The number of nitrogens with zero attached hydrogens (tertiary/aromatic N) is 1. The van der Waals surface area contributed by atoms with Gasteiger partial charge in [0.25, 0.3) is 5.91 Å². The maximum absolute atomic E-state index is 13.6. The maximum atomic E-state index is 13.6. The van der Waals surface area contributed by atoms with Crippen LogP contribution < -0.4 is 14.3 Å². The molecule has 0 aliphatic rings. The number of amides is 1. The van der Waals surface area contributed by atoms with Gasteiger partial charge in [-0.3, -0.25) is 4.79 Å². The second kappa shape index (κ2) is 9.40. The maximum Gasteiger partial charge on any atom is 0.339 e. The number of carbonyl (C=O) groups is 1. The molecule has 0 bridgehead atoms. The molecule has 0 unspecified atom stereocenters. The fourth-order valence-corrected chi connectivity index (χ4v) is 3.52. The molecule has 0 saturated carbocycles. The molecule has 1 amide bonds. The Hall–Kier alpha value is -3.72. The Balaban J connectivity index is 1.74. The lowest BCUT2D eigenvalue weighted by Crippen LogP contribution is -2.18. The summed E-state index contributed by atoms with van der Waals surface area (Å²) in [6.07, 6.45) is 1.31. The molecule has 7 nitrogen and oxygen atoms in total. The average Bonchev–Trinajstić information content (AvgIpc) is 2.75. The van der Waals surface area contributed by atoms with Crippen LogP contribution >= 0.6 is 0 Å². The van der Waals surface area contributed by atoms with Crippen LogP contribution in [0.1, 0.15) is 21.5 Å². The quantitative estimate of drug-likeness (QED) is 0.342. The van der Waals surface area contributed by atoms with Gasteiger partial charge in [0, 0.05) is 0 Å². The second-order valence-corrected chi connectivity index (χ2v) is 7.99. The molecule has 0 atom stereocenters. The number of hydrogen-bond acceptors (Lipinski definition) is 6. The number of ether oxygens (including phenoxy) is 1. The lowest BCUT2D eigenvalue weighted by molar-refractivity contribution is 0.0951. The first-order valence-corrected chi connectivity index (χ1v) is 10.5. The van der Waals surface area contributed by atoms with Gasteiger partial charge < -0.3 is 8.92 Å². The van der Waals surface area contributed by atoms with Crippen LogP contribution in [-0.4, -0.2) is 27.6 Å². The van der Waals surface area contributed by atoms with E-state index in [1.54, 1.807) is 12.1 Å². The number of nitrogens with one attached hydrogen (secondary N) is 1. The predicted octanol–water partition coefficient (Wildman–Crippen LogP) is 3.67. The molecule has 0 aliphatic heterocycles. The molecule has 0 saturated heterocycles. The number of halogens is 1. The first kappa shape index (κ1) is 22.0. The van der Waals surface area contributed by atoms with Crippen molar-refractivity contribution in [3.05, 3.63) is 89.2 Å². The Morgan fingerprint density at radius 3 is 2.42 bits per heavy atom. The zero-order valence-corrected chi connectivity index (χ0v) is 17.5. The minimum Gasteiger partial charge on any atom is -0.493 e. The fourth-order valence-electron chi connectivity index (χ4n) is 2.58. The molecule has 0 radical (unpaired) electrons. The third kappa shape index (κ3) is 5.46. The van der Waals surface area contributed by atoms with Crippen molar-refractivity contribution < 1.29 is 26.5 Å². The molecular weight excluding hydrogens is 423 g/mol. The van der Waals surface area contributed by atoms with Gasteiger partial charge in [-0.25, -0.2) is 9.82 Å². The summed E-state index contributed by atoms with van der Waals surface area (Å²) >= 11 is 0. The number of aryl methyl sites for hydroxylation is 1. The molecule has 31 heavy (non-hydrogen) atoms. The molecule has 0 spiro atoms. The van der Waals surface area contributed by atoms with E-state index in [0.717, 1.165) is 5.56 Å². The summed E-state index contributed by atoms with van der Waals surface area (Å²) < 4.78 is 49.0. The average molecular weight is 442 g/mol. The Bertz CT molecular complexity index is 1220. The first-order chi connectivity index (χ1) is 14.8. The number of methoxy groups -OCH3 is 1. The molecule has 3 rings (SSSR count). The van der Waals surface area contributed by atoms with Crippen LogP contribution in [-0.2, 0) is 10.1 Å². The molecule has 9 heteroatoms. The van der Waals surface area contributed by atoms with Crippen LogP contribution in [0.2, 0.25) is 0 Å². The van der Waals surface area contributed by atoms with Crippen LogP contribution in [0.5, 0.6) is 11.5 Å². The number of hydrogen-bond donors (Lipinski definition) is 1. The highest BCUT2D eigenvalue weighted by molar-refractivity contribution is 7.87. The highest BCUT2D eigenvalue weighted by atomic mass is 32.2. The molecule has 3 aromatic rings. The third-order valence-corrected chi connectivity index (χ3v) is 5.44. The van der Waals surface area contributed by atoms with Crippen LogP contribution in [0.4, 0.5) is 4.39 Å². The molecule has 0 aliphatic carbocycles. The largest absolute Gasteiger partial charge is 0.493 e. The van der Waals surface area contributed by atoms with E-state index in [-0.39, 0.29) is 22.0 Å². The Kier molecular flexibility index (Phi) is 6.66. The molecule has 160 valence electrons. The van der Waals surface area contributed by atoms with Crippen molar-refractivity contribution in [2.45, 2.75) is 11.8 Å². The van der Waals surface area contributed by atoms with Gasteiger partial charge in [0.2, 0.25) is 0 Å². The summed E-state index contributed by atoms with van der Waals surface area (Å²) in [5, 5.41) is 3.79. The Morgan fingerprint density at radius 2 is 1.74 bits per heavy atom. The smallest absolute Gasteiger partial charge is 0.339 e. The Morgan fingerprint density at radius 1 is 1.03 bits per heavy atom. The van der Waals surface area contributed by atoms with Gasteiger partial charge in [0.1, 0.15) is 10.7 Å². The standard InChI is InChI=1S/C22H19FN2O5S/c1-15-7-10-17(11-8-15)31(27,28)30-20-12-9-16(13-21(20)29-2)14-24-25-22(26)18-5-3-4-6-19(18)23/h3-14H,1-2H3,(H,25,26)/b24-14+. The van der Waals surface area contributed by atoms with E-state index < -0.39 is 21.8 Å². The molecule has 0 heterocycles. The van der Waals surface area contributed by atoms with E-state index >= 15 is 0 Å². The van der Waals surface area contributed by atoms with Crippen molar-refractivity contribution in [3.63, 3.8) is 0 Å². The van der Waals surface area contributed by atoms with Crippen LogP contribution in [0.25, 0.3) is 0 Å². The molecule has 1 N–H and O–H groups in total.